The zero-order valence-corrected chi connectivity index (χ0v) is 12.7. The van der Waals surface area contributed by atoms with Crippen molar-refractivity contribution in [2.24, 2.45) is 5.92 Å². The molecule has 1 fully saturated rings. The first-order chi connectivity index (χ1) is 11.4. The minimum absolute atomic E-state index is 0.00662. The fraction of sp³-hybridized carbons (Fsp3) is 0.467. The molecule has 0 spiro atoms. The minimum atomic E-state index is -5.04. The monoisotopic (exact) mass is 342 g/mol. The first kappa shape index (κ1) is 16.7. The number of fused-ring (bicyclic) bond motifs is 1. The molecule has 3 rings (SSSR count). The lowest BCUT2D eigenvalue weighted by Gasteiger charge is -2.29. The SMILES string of the molecule is O=C(ONC(c1nc2ccccc2[nH]1)C1CCNCC1)C(F)(F)F. The van der Waals surface area contributed by atoms with Crippen LogP contribution in [0, 0.1) is 5.92 Å². The van der Waals surface area contributed by atoms with E-state index in [0.29, 0.717) is 11.3 Å². The number of aromatic nitrogens is 2. The molecule has 3 N–H and O–H groups in total. The minimum Gasteiger partial charge on any atom is -0.363 e. The van der Waals surface area contributed by atoms with E-state index >= 15 is 0 Å². The molecular formula is C15H17F3N4O2. The topological polar surface area (TPSA) is 79.0 Å². The molecule has 0 radical (unpaired) electrons. The van der Waals surface area contributed by atoms with Gasteiger partial charge in [-0.25, -0.2) is 9.78 Å². The largest absolute Gasteiger partial charge is 0.492 e. The van der Waals surface area contributed by atoms with E-state index < -0.39 is 18.2 Å². The zero-order chi connectivity index (χ0) is 17.2. The number of nitrogens with one attached hydrogen (secondary N) is 3. The highest BCUT2D eigenvalue weighted by Gasteiger charge is 2.42. The van der Waals surface area contributed by atoms with Crippen molar-refractivity contribution >= 4 is 17.0 Å². The van der Waals surface area contributed by atoms with Crippen LogP contribution in [-0.4, -0.2) is 35.2 Å². The highest BCUT2D eigenvalue weighted by molar-refractivity contribution is 5.75. The summed E-state index contributed by atoms with van der Waals surface area (Å²) in [5.41, 5.74) is 3.76. The molecule has 1 aromatic heterocycles. The lowest BCUT2D eigenvalue weighted by molar-refractivity contribution is -0.209. The molecule has 0 amide bonds. The third-order valence-electron chi connectivity index (χ3n) is 4.07. The van der Waals surface area contributed by atoms with Gasteiger partial charge in [0.25, 0.3) is 0 Å². The van der Waals surface area contributed by atoms with Crippen LogP contribution in [0.4, 0.5) is 13.2 Å². The zero-order valence-electron chi connectivity index (χ0n) is 12.7. The molecule has 1 saturated heterocycles. The van der Waals surface area contributed by atoms with Crippen LogP contribution in [0.15, 0.2) is 24.3 Å². The Balaban J connectivity index is 1.82. The number of carbonyl (C=O) groups excluding carboxylic acids is 1. The second-order valence-electron chi connectivity index (χ2n) is 5.71. The quantitative estimate of drug-likeness (QED) is 0.743. The predicted octanol–water partition coefficient (Wildman–Crippen LogP) is 2.21. The average molecular weight is 342 g/mol. The molecule has 130 valence electrons. The number of para-hydroxylation sites is 2. The van der Waals surface area contributed by atoms with E-state index in [1.165, 1.54) is 0 Å². The number of nitrogens with zero attached hydrogens (tertiary/aromatic N) is 1. The maximum Gasteiger partial charge on any atom is 0.492 e. The molecular weight excluding hydrogens is 325 g/mol. The molecule has 2 heterocycles. The molecule has 6 nitrogen and oxygen atoms in total. The molecule has 1 aromatic carbocycles. The van der Waals surface area contributed by atoms with Crippen LogP contribution in [-0.2, 0) is 9.63 Å². The average Bonchev–Trinajstić information content (AvgIpc) is 2.98. The van der Waals surface area contributed by atoms with Gasteiger partial charge in [0.05, 0.1) is 11.0 Å². The van der Waals surface area contributed by atoms with Crippen molar-refractivity contribution in [3.63, 3.8) is 0 Å². The van der Waals surface area contributed by atoms with Crippen LogP contribution in [0.25, 0.3) is 11.0 Å². The molecule has 2 aromatic rings. The maximum absolute atomic E-state index is 12.4. The van der Waals surface area contributed by atoms with Gasteiger partial charge in [-0.1, -0.05) is 12.1 Å². The van der Waals surface area contributed by atoms with E-state index in [2.05, 4.69) is 25.6 Å². The molecule has 1 aliphatic rings. The molecule has 1 atom stereocenters. The molecule has 0 saturated carbocycles. The number of benzene rings is 1. The Morgan fingerprint density at radius 1 is 1.29 bits per heavy atom. The van der Waals surface area contributed by atoms with Crippen molar-refractivity contribution < 1.29 is 22.8 Å². The number of aromatic amines is 1. The highest BCUT2D eigenvalue weighted by atomic mass is 19.4. The second-order valence-corrected chi connectivity index (χ2v) is 5.71. The Hall–Kier alpha value is -2.13. The summed E-state index contributed by atoms with van der Waals surface area (Å²) < 4.78 is 37.1. The molecule has 9 heteroatoms. The normalized spacial score (nSPS) is 17.8. The van der Waals surface area contributed by atoms with Crippen molar-refractivity contribution in [1.82, 2.24) is 20.8 Å². The Morgan fingerprint density at radius 2 is 2.00 bits per heavy atom. The molecule has 24 heavy (non-hydrogen) atoms. The van der Waals surface area contributed by atoms with Crippen molar-refractivity contribution in [2.45, 2.75) is 25.1 Å². The number of piperidine rings is 1. The first-order valence-electron chi connectivity index (χ1n) is 7.64. The lowest BCUT2D eigenvalue weighted by Crippen LogP contribution is -2.40. The van der Waals surface area contributed by atoms with Crippen LogP contribution >= 0.6 is 0 Å². The van der Waals surface area contributed by atoms with Crippen LogP contribution in [0.5, 0.6) is 0 Å². The molecule has 0 aliphatic carbocycles. The first-order valence-corrected chi connectivity index (χ1v) is 7.64. The van der Waals surface area contributed by atoms with Gasteiger partial charge in [0.15, 0.2) is 0 Å². The van der Waals surface area contributed by atoms with Gasteiger partial charge in [-0.2, -0.15) is 13.2 Å². The summed E-state index contributed by atoms with van der Waals surface area (Å²) in [7, 11) is 0. The highest BCUT2D eigenvalue weighted by Crippen LogP contribution is 2.29. The summed E-state index contributed by atoms with van der Waals surface area (Å²) in [6.07, 6.45) is -3.57. The number of imidazole rings is 1. The number of hydrogen-bond donors (Lipinski definition) is 3. The van der Waals surface area contributed by atoms with Crippen molar-refractivity contribution in [3.8, 4) is 0 Å². The Labute approximate surface area is 135 Å². The van der Waals surface area contributed by atoms with Gasteiger partial charge in [-0.15, -0.1) is 5.48 Å². The van der Waals surface area contributed by atoms with E-state index in [1.807, 2.05) is 18.2 Å². The van der Waals surface area contributed by atoms with Crippen molar-refractivity contribution in [1.29, 1.82) is 0 Å². The number of alkyl halides is 3. The number of halogens is 3. The summed E-state index contributed by atoms with van der Waals surface area (Å²) in [4.78, 5) is 22.8. The standard InChI is InChI=1S/C15H17F3N4O2/c16-15(17,18)14(23)24-22-12(9-5-7-19-8-6-9)13-20-10-3-1-2-4-11(10)21-13/h1-4,9,12,19,22H,5-8H2,(H,20,21). The van der Waals surface area contributed by atoms with Gasteiger partial charge in [0.1, 0.15) is 11.9 Å². The fourth-order valence-corrected chi connectivity index (χ4v) is 2.85. The Kier molecular flexibility index (Phi) is 4.72. The van der Waals surface area contributed by atoms with E-state index in [1.54, 1.807) is 6.07 Å². The third kappa shape index (κ3) is 3.68. The van der Waals surface area contributed by atoms with Crippen LogP contribution in [0.1, 0.15) is 24.7 Å². The van der Waals surface area contributed by atoms with E-state index in [0.717, 1.165) is 31.4 Å². The number of hydrogen-bond acceptors (Lipinski definition) is 5. The van der Waals surface area contributed by atoms with Crippen LogP contribution < -0.4 is 10.8 Å². The van der Waals surface area contributed by atoms with Crippen LogP contribution in [0.2, 0.25) is 0 Å². The van der Waals surface area contributed by atoms with Gasteiger partial charge in [0, 0.05) is 0 Å². The number of carbonyl (C=O) groups is 1. The van der Waals surface area contributed by atoms with Crippen molar-refractivity contribution in [2.75, 3.05) is 13.1 Å². The number of hydroxylamine groups is 1. The number of rotatable bonds is 4. The molecule has 1 aliphatic heterocycles. The van der Waals surface area contributed by atoms with E-state index in [-0.39, 0.29) is 5.92 Å². The van der Waals surface area contributed by atoms with Gasteiger partial charge < -0.3 is 15.1 Å². The Bertz CT molecular complexity index is 677. The molecule has 1 unspecified atom stereocenters. The van der Waals surface area contributed by atoms with Gasteiger partial charge in [0.2, 0.25) is 0 Å². The maximum atomic E-state index is 12.4. The van der Waals surface area contributed by atoms with Crippen molar-refractivity contribution in [3.05, 3.63) is 30.1 Å². The molecule has 0 bridgehead atoms. The van der Waals surface area contributed by atoms with Gasteiger partial charge in [-0.05, 0) is 44.0 Å². The number of H-pyrrole nitrogens is 1. The van der Waals surface area contributed by atoms with E-state index in [9.17, 15) is 18.0 Å². The lowest BCUT2D eigenvalue weighted by atomic mass is 9.90. The summed E-state index contributed by atoms with van der Waals surface area (Å²) in [5, 5.41) is 3.19. The summed E-state index contributed by atoms with van der Waals surface area (Å²) in [6, 6.07) is 6.65. The van der Waals surface area contributed by atoms with Gasteiger partial charge in [-0.3, -0.25) is 0 Å². The second kappa shape index (κ2) is 6.78. The van der Waals surface area contributed by atoms with Crippen LogP contribution in [0.3, 0.4) is 0 Å². The summed E-state index contributed by atoms with van der Waals surface area (Å²) in [6.45, 7) is 1.49. The Morgan fingerprint density at radius 3 is 2.67 bits per heavy atom. The fourth-order valence-electron chi connectivity index (χ4n) is 2.85. The third-order valence-corrected chi connectivity index (χ3v) is 4.07. The smallest absolute Gasteiger partial charge is 0.363 e. The predicted molar refractivity (Wildman–Crippen MR) is 79.7 cm³/mol. The van der Waals surface area contributed by atoms with Gasteiger partial charge >= 0.3 is 12.1 Å². The summed E-state index contributed by atoms with van der Waals surface area (Å²) >= 11 is 0. The summed E-state index contributed by atoms with van der Waals surface area (Å²) in [5.74, 6) is -1.82. The van der Waals surface area contributed by atoms with E-state index in [4.69, 9.17) is 0 Å².